The van der Waals surface area contributed by atoms with Gasteiger partial charge in [0, 0.05) is 18.1 Å². The lowest BCUT2D eigenvalue weighted by Gasteiger charge is -2.39. The monoisotopic (exact) mass is 238 g/mol. The Morgan fingerprint density at radius 1 is 1.12 bits per heavy atom. The molecule has 2 nitrogen and oxygen atoms in total. The Kier molecular flexibility index (Phi) is 4.87. The number of rotatable bonds is 6. The molecule has 0 aromatic carbocycles. The van der Waals surface area contributed by atoms with E-state index in [1.807, 2.05) is 0 Å². The molecule has 2 heterocycles. The van der Waals surface area contributed by atoms with E-state index in [0.29, 0.717) is 0 Å². The van der Waals surface area contributed by atoms with Crippen LogP contribution in [-0.2, 0) is 0 Å². The van der Waals surface area contributed by atoms with E-state index < -0.39 is 0 Å². The molecule has 2 rings (SSSR count). The highest BCUT2D eigenvalue weighted by molar-refractivity contribution is 4.96. The molecule has 0 spiro atoms. The van der Waals surface area contributed by atoms with Crippen LogP contribution in [0.4, 0.5) is 0 Å². The zero-order chi connectivity index (χ0) is 12.3. The molecule has 0 amide bonds. The molecule has 0 radical (unpaired) electrons. The van der Waals surface area contributed by atoms with E-state index in [4.69, 9.17) is 0 Å². The minimum absolute atomic E-state index is 0.791. The highest BCUT2D eigenvalue weighted by Gasteiger charge is 2.39. The number of unbranched alkanes of at least 4 members (excludes halogenated alkanes) is 1. The maximum absolute atomic E-state index is 3.48. The predicted octanol–water partition coefficient (Wildman–Crippen LogP) is 3.03. The van der Waals surface area contributed by atoms with Gasteiger partial charge in [0.15, 0.2) is 0 Å². The van der Waals surface area contributed by atoms with Crippen molar-refractivity contribution in [1.29, 1.82) is 0 Å². The second-order valence-electron chi connectivity index (χ2n) is 6.47. The van der Waals surface area contributed by atoms with Gasteiger partial charge in [-0.05, 0) is 51.6 Å². The van der Waals surface area contributed by atoms with Gasteiger partial charge in [0.2, 0.25) is 0 Å². The van der Waals surface area contributed by atoms with Crippen molar-refractivity contribution < 1.29 is 0 Å². The third-order valence-electron chi connectivity index (χ3n) is 4.74. The van der Waals surface area contributed by atoms with Crippen molar-refractivity contribution in [3.05, 3.63) is 0 Å². The van der Waals surface area contributed by atoms with Crippen molar-refractivity contribution in [2.24, 2.45) is 5.92 Å². The predicted molar refractivity (Wildman–Crippen MR) is 74.3 cm³/mol. The minimum atomic E-state index is 0.791. The molecule has 1 N–H and O–H groups in total. The van der Waals surface area contributed by atoms with E-state index in [-0.39, 0.29) is 0 Å². The normalized spacial score (nSPS) is 33.5. The van der Waals surface area contributed by atoms with Crippen molar-refractivity contribution in [2.75, 3.05) is 13.6 Å². The van der Waals surface area contributed by atoms with Crippen LogP contribution in [0.1, 0.15) is 58.8 Å². The number of fused-ring (bicyclic) bond motifs is 2. The molecular weight excluding hydrogens is 208 g/mol. The number of nitrogens with zero attached hydrogens (tertiary/aromatic N) is 1. The molecule has 2 heteroatoms. The highest BCUT2D eigenvalue weighted by atomic mass is 15.2. The van der Waals surface area contributed by atoms with Gasteiger partial charge in [-0.25, -0.2) is 0 Å². The van der Waals surface area contributed by atoms with E-state index in [2.05, 4.69) is 31.1 Å². The molecule has 2 saturated heterocycles. The van der Waals surface area contributed by atoms with Gasteiger partial charge in [-0.1, -0.05) is 26.7 Å². The lowest BCUT2D eigenvalue weighted by atomic mass is 9.97. The van der Waals surface area contributed by atoms with E-state index in [1.54, 1.807) is 0 Å². The van der Waals surface area contributed by atoms with Gasteiger partial charge in [0.05, 0.1) is 0 Å². The Morgan fingerprint density at radius 2 is 1.76 bits per heavy atom. The summed E-state index contributed by atoms with van der Waals surface area (Å²) in [4.78, 5) is 2.83. The van der Waals surface area contributed by atoms with Gasteiger partial charge in [-0.15, -0.1) is 0 Å². The summed E-state index contributed by atoms with van der Waals surface area (Å²) < 4.78 is 0. The average molecular weight is 238 g/mol. The van der Waals surface area contributed by atoms with Crippen LogP contribution in [0.25, 0.3) is 0 Å². The Bertz CT molecular complexity index is 213. The van der Waals surface area contributed by atoms with Crippen LogP contribution in [0.2, 0.25) is 0 Å². The van der Waals surface area contributed by atoms with Crippen LogP contribution >= 0.6 is 0 Å². The summed E-state index contributed by atoms with van der Waals surface area (Å²) in [6.45, 7) is 6.03. The molecule has 0 saturated carbocycles. The molecule has 0 aromatic rings. The Balaban J connectivity index is 1.72. The topological polar surface area (TPSA) is 15.3 Å². The number of nitrogens with one attached hydrogen (secondary N) is 1. The summed E-state index contributed by atoms with van der Waals surface area (Å²) >= 11 is 0. The van der Waals surface area contributed by atoms with Gasteiger partial charge < -0.3 is 5.32 Å². The third-order valence-corrected chi connectivity index (χ3v) is 4.74. The van der Waals surface area contributed by atoms with Gasteiger partial charge in [-0.3, -0.25) is 4.90 Å². The van der Waals surface area contributed by atoms with Gasteiger partial charge >= 0.3 is 0 Å². The van der Waals surface area contributed by atoms with Crippen molar-refractivity contribution in [1.82, 2.24) is 10.2 Å². The quantitative estimate of drug-likeness (QED) is 0.716. The zero-order valence-electron chi connectivity index (χ0n) is 11.9. The Hall–Kier alpha value is -0.0800. The molecular formula is C15H30N2. The average Bonchev–Trinajstić information content (AvgIpc) is 2.55. The summed E-state index contributed by atoms with van der Waals surface area (Å²) in [6, 6.07) is 2.58. The van der Waals surface area contributed by atoms with Crippen molar-refractivity contribution in [3.8, 4) is 0 Å². The second-order valence-corrected chi connectivity index (χ2v) is 6.47. The fraction of sp³-hybridized carbons (Fsp3) is 1.00. The molecule has 17 heavy (non-hydrogen) atoms. The Morgan fingerprint density at radius 3 is 2.29 bits per heavy atom. The molecule has 2 atom stereocenters. The lowest BCUT2D eigenvalue weighted by molar-refractivity contribution is 0.116. The standard InChI is InChI=1S/C15H30N2/c1-12(2)6-4-5-9-17-14-7-8-15(17)11-13(10-14)16-3/h12-16H,4-11H2,1-3H3. The SMILES string of the molecule is CNC1CC2CCC(C1)N2CCCCC(C)C. The summed E-state index contributed by atoms with van der Waals surface area (Å²) in [6.07, 6.45) is 9.91. The lowest BCUT2D eigenvalue weighted by Crippen LogP contribution is -2.48. The van der Waals surface area contributed by atoms with E-state index in [9.17, 15) is 0 Å². The molecule has 2 unspecified atom stereocenters. The van der Waals surface area contributed by atoms with Crippen LogP contribution < -0.4 is 5.32 Å². The summed E-state index contributed by atoms with van der Waals surface area (Å²) in [5.74, 6) is 0.877. The first kappa shape index (κ1) is 13.4. The second kappa shape index (κ2) is 6.19. The first-order valence-electron chi connectivity index (χ1n) is 7.63. The van der Waals surface area contributed by atoms with Crippen molar-refractivity contribution >= 4 is 0 Å². The van der Waals surface area contributed by atoms with E-state index in [0.717, 1.165) is 24.0 Å². The third kappa shape index (κ3) is 3.45. The zero-order valence-corrected chi connectivity index (χ0v) is 11.9. The van der Waals surface area contributed by atoms with E-state index >= 15 is 0 Å². The largest absolute Gasteiger partial charge is 0.317 e. The first-order chi connectivity index (χ1) is 8.20. The number of hydrogen-bond donors (Lipinski definition) is 1. The summed E-state index contributed by atoms with van der Waals surface area (Å²) in [7, 11) is 2.13. The molecule has 0 aliphatic carbocycles. The highest BCUT2D eigenvalue weighted by Crippen LogP contribution is 2.35. The molecule has 0 aromatic heterocycles. The fourth-order valence-electron chi connectivity index (χ4n) is 3.72. The molecule has 2 bridgehead atoms. The van der Waals surface area contributed by atoms with Gasteiger partial charge in [0.25, 0.3) is 0 Å². The minimum Gasteiger partial charge on any atom is -0.317 e. The van der Waals surface area contributed by atoms with Gasteiger partial charge in [-0.2, -0.15) is 0 Å². The Labute approximate surface area is 107 Å². The van der Waals surface area contributed by atoms with Crippen LogP contribution in [0.3, 0.4) is 0 Å². The van der Waals surface area contributed by atoms with Crippen LogP contribution in [-0.4, -0.2) is 36.6 Å². The van der Waals surface area contributed by atoms with Crippen molar-refractivity contribution in [3.63, 3.8) is 0 Å². The number of piperidine rings is 1. The van der Waals surface area contributed by atoms with Gasteiger partial charge in [0.1, 0.15) is 0 Å². The summed E-state index contributed by atoms with van der Waals surface area (Å²) in [5, 5.41) is 3.48. The molecule has 2 aliphatic heterocycles. The first-order valence-corrected chi connectivity index (χ1v) is 7.63. The molecule has 2 aliphatic rings. The van der Waals surface area contributed by atoms with Crippen LogP contribution in [0.15, 0.2) is 0 Å². The molecule has 2 fully saturated rings. The van der Waals surface area contributed by atoms with Crippen LogP contribution in [0, 0.1) is 5.92 Å². The van der Waals surface area contributed by atoms with E-state index in [1.165, 1.54) is 51.5 Å². The molecule has 100 valence electrons. The smallest absolute Gasteiger partial charge is 0.0114 e. The maximum Gasteiger partial charge on any atom is 0.0114 e. The fourth-order valence-corrected chi connectivity index (χ4v) is 3.72. The van der Waals surface area contributed by atoms with Crippen LogP contribution in [0.5, 0.6) is 0 Å². The van der Waals surface area contributed by atoms with Crippen molar-refractivity contribution in [2.45, 2.75) is 76.9 Å². The maximum atomic E-state index is 3.48. The summed E-state index contributed by atoms with van der Waals surface area (Å²) in [5.41, 5.74) is 0. The number of hydrogen-bond acceptors (Lipinski definition) is 2.